The van der Waals surface area contributed by atoms with Gasteiger partial charge in [0, 0.05) is 62.1 Å². The number of rotatable bonds is 18. The molecule has 0 bridgehead atoms. The lowest BCUT2D eigenvalue weighted by Crippen LogP contribution is -2.25. The molecule has 0 spiro atoms. The van der Waals surface area contributed by atoms with Crippen LogP contribution >= 0.6 is 34.0 Å². The van der Waals surface area contributed by atoms with Gasteiger partial charge in [0.05, 0.1) is 16.3 Å². The Hall–Kier alpha value is -5.40. The topological polar surface area (TPSA) is 38.9 Å². The monoisotopic (exact) mass is 932 g/mol. The second-order valence-electron chi connectivity index (χ2n) is 19.2. The summed E-state index contributed by atoms with van der Waals surface area (Å²) in [5, 5.41) is 4.78. The van der Waals surface area contributed by atoms with Crippen LogP contribution in [0.2, 0.25) is 0 Å². The Labute approximate surface area is 408 Å². The molecule has 0 atom stereocenters. The van der Waals surface area contributed by atoms with E-state index in [4.69, 9.17) is 14.4 Å². The average Bonchev–Trinajstić information content (AvgIpc) is 4.19. The van der Waals surface area contributed by atoms with Gasteiger partial charge in [-0.2, -0.15) is 0 Å². The molecule has 0 N–H and O–H groups in total. The zero-order valence-electron chi connectivity index (χ0n) is 39.5. The highest BCUT2D eigenvalue weighted by Crippen LogP contribution is 2.55. The van der Waals surface area contributed by atoms with Gasteiger partial charge >= 0.3 is 0 Å². The van der Waals surface area contributed by atoms with Crippen molar-refractivity contribution in [3.63, 3.8) is 0 Å². The van der Waals surface area contributed by atoms with E-state index in [1.165, 1.54) is 153 Å². The minimum absolute atomic E-state index is 0.0147. The molecule has 0 fully saturated rings. The summed E-state index contributed by atoms with van der Waals surface area (Å²) in [6.07, 6.45) is 18.1. The van der Waals surface area contributed by atoms with Gasteiger partial charge in [-0.05, 0) is 122 Å². The largest absolute Gasteiger partial charge is 0.456 e. The summed E-state index contributed by atoms with van der Waals surface area (Å²) < 4.78 is 8.79. The predicted octanol–water partition coefficient (Wildman–Crippen LogP) is 19.9. The highest BCUT2D eigenvalue weighted by Gasteiger charge is 2.42. The molecule has 0 saturated carbocycles. The molecular formula is C61H60N2OS3. The number of thiophene rings is 3. The summed E-state index contributed by atoms with van der Waals surface area (Å²) >= 11 is 5.50. The van der Waals surface area contributed by atoms with Crippen molar-refractivity contribution >= 4 is 76.1 Å². The Kier molecular flexibility index (Phi) is 12.5. The van der Waals surface area contributed by atoms with Crippen LogP contribution in [0.25, 0.3) is 96.2 Å². The molecule has 1 aliphatic rings. The second-order valence-corrected chi connectivity index (χ2v) is 22.7. The fourth-order valence-corrected chi connectivity index (χ4v) is 14.0. The number of fused-ring (bicyclic) bond motifs is 9. The van der Waals surface area contributed by atoms with Gasteiger partial charge in [-0.3, -0.25) is 0 Å². The number of aromatic nitrogens is 2. The average molecular weight is 933 g/mol. The van der Waals surface area contributed by atoms with Crippen LogP contribution in [0.15, 0.2) is 126 Å². The molecule has 3 nitrogen and oxygen atoms in total. The van der Waals surface area contributed by atoms with Crippen molar-refractivity contribution in [1.29, 1.82) is 0 Å². The number of furan rings is 1. The van der Waals surface area contributed by atoms with E-state index in [0.717, 1.165) is 49.6 Å². The summed E-state index contributed by atoms with van der Waals surface area (Å²) in [6.45, 7) is 9.11. The summed E-state index contributed by atoms with van der Waals surface area (Å²) in [7, 11) is 0. The van der Waals surface area contributed by atoms with E-state index in [-0.39, 0.29) is 5.41 Å². The van der Waals surface area contributed by atoms with Crippen LogP contribution in [-0.2, 0) is 5.41 Å². The highest BCUT2D eigenvalue weighted by atomic mass is 32.1. The van der Waals surface area contributed by atoms with Gasteiger partial charge in [0.25, 0.3) is 0 Å². The van der Waals surface area contributed by atoms with Crippen molar-refractivity contribution in [3.8, 4) is 54.1 Å². The number of nitrogens with zero attached hydrogens (tertiary/aromatic N) is 2. The molecule has 0 saturated heterocycles. The molecule has 10 aromatic rings. The molecule has 67 heavy (non-hydrogen) atoms. The van der Waals surface area contributed by atoms with Crippen molar-refractivity contribution in [2.75, 3.05) is 0 Å². The molecule has 5 heterocycles. The molecule has 0 unspecified atom stereocenters. The molecule has 5 aromatic heterocycles. The lowest BCUT2D eigenvalue weighted by atomic mass is 9.70. The van der Waals surface area contributed by atoms with Gasteiger partial charge in [-0.1, -0.05) is 145 Å². The minimum Gasteiger partial charge on any atom is -0.456 e. The zero-order chi connectivity index (χ0) is 45.5. The maximum absolute atomic E-state index is 6.32. The standard InChI is InChI=1S/C61H60N2OS3/c1-5-7-9-11-13-17-31-61(32-18-14-12-10-8-6-2)49-33-39(3)21-25-43(49)44-26-23-41(35-50(44)61)51-37-52(56-29-30-58(67-56)57-27-22-40(4)65-57)63-60(62-51)42-24-28-55-47(34-42)48-36-46-45-19-15-16-20-53(45)64-54(46)38-59(48)66-55/h15-16,19-30,33-38H,5-14,17-18,31-32H2,1-4H3. The third-order valence-corrected chi connectivity index (χ3v) is 18.0. The van der Waals surface area contributed by atoms with Crippen LogP contribution in [0, 0.1) is 13.8 Å². The van der Waals surface area contributed by atoms with Gasteiger partial charge in [-0.25, -0.2) is 9.97 Å². The molecule has 0 amide bonds. The van der Waals surface area contributed by atoms with Gasteiger partial charge in [0.15, 0.2) is 5.82 Å². The Morgan fingerprint density at radius 2 is 1.12 bits per heavy atom. The van der Waals surface area contributed by atoms with E-state index >= 15 is 0 Å². The van der Waals surface area contributed by atoms with E-state index in [0.29, 0.717) is 0 Å². The molecule has 0 aliphatic heterocycles. The predicted molar refractivity (Wildman–Crippen MR) is 291 cm³/mol. The van der Waals surface area contributed by atoms with Crippen LogP contribution in [-0.4, -0.2) is 9.97 Å². The molecule has 11 rings (SSSR count). The number of hydrogen-bond donors (Lipinski definition) is 0. The molecule has 1 aliphatic carbocycles. The molecule has 0 radical (unpaired) electrons. The zero-order valence-corrected chi connectivity index (χ0v) is 41.9. The third-order valence-electron chi connectivity index (χ3n) is 14.5. The Balaban J connectivity index is 1.04. The van der Waals surface area contributed by atoms with E-state index in [1.807, 2.05) is 40.1 Å². The van der Waals surface area contributed by atoms with E-state index in [2.05, 4.69) is 143 Å². The lowest BCUT2D eigenvalue weighted by Gasteiger charge is -2.33. The molecule has 6 heteroatoms. The van der Waals surface area contributed by atoms with Crippen molar-refractivity contribution in [2.45, 2.75) is 123 Å². The van der Waals surface area contributed by atoms with Crippen LogP contribution < -0.4 is 0 Å². The molecular weight excluding hydrogens is 873 g/mol. The van der Waals surface area contributed by atoms with Crippen molar-refractivity contribution in [3.05, 3.63) is 143 Å². The van der Waals surface area contributed by atoms with Gasteiger partial charge in [0.1, 0.15) is 11.2 Å². The van der Waals surface area contributed by atoms with Crippen LogP contribution in [0.5, 0.6) is 0 Å². The van der Waals surface area contributed by atoms with Crippen LogP contribution in [0.4, 0.5) is 0 Å². The maximum atomic E-state index is 6.32. The summed E-state index contributed by atoms with van der Waals surface area (Å²) in [6, 6.07) is 45.6. The molecule has 5 aromatic carbocycles. The number of hydrogen-bond acceptors (Lipinski definition) is 6. The maximum Gasteiger partial charge on any atom is 0.160 e. The number of para-hydroxylation sites is 1. The Morgan fingerprint density at radius 3 is 1.90 bits per heavy atom. The number of unbranched alkanes of at least 4 members (excludes halogenated alkanes) is 10. The van der Waals surface area contributed by atoms with Crippen molar-refractivity contribution in [2.24, 2.45) is 0 Å². The Morgan fingerprint density at radius 1 is 0.463 bits per heavy atom. The first-order chi connectivity index (χ1) is 32.9. The third kappa shape index (κ3) is 8.49. The smallest absolute Gasteiger partial charge is 0.160 e. The summed E-state index contributed by atoms with van der Waals surface area (Å²) in [5.41, 5.74) is 13.3. The Bertz CT molecular complexity index is 3380. The first-order valence-electron chi connectivity index (χ1n) is 25.0. The van der Waals surface area contributed by atoms with E-state index in [1.54, 1.807) is 5.56 Å². The first-order valence-corrected chi connectivity index (χ1v) is 27.4. The fraction of sp³-hybridized carbons (Fsp3) is 0.311. The SMILES string of the molecule is CCCCCCCCC1(CCCCCCCC)c2cc(C)ccc2-c2ccc(-c3cc(-c4ccc(-c5ccc(C)s5)s4)nc(-c4ccc5sc6cc7oc8ccccc8c7cc6c5c4)n3)cc21. The van der Waals surface area contributed by atoms with Gasteiger partial charge < -0.3 is 4.42 Å². The van der Waals surface area contributed by atoms with E-state index in [9.17, 15) is 0 Å². The highest BCUT2D eigenvalue weighted by molar-refractivity contribution is 7.26. The summed E-state index contributed by atoms with van der Waals surface area (Å²) in [5.74, 6) is 0.760. The van der Waals surface area contributed by atoms with Crippen molar-refractivity contribution < 1.29 is 4.42 Å². The van der Waals surface area contributed by atoms with Gasteiger partial charge in [-0.15, -0.1) is 34.0 Å². The molecule has 338 valence electrons. The number of benzene rings is 5. The normalized spacial score (nSPS) is 13.1. The van der Waals surface area contributed by atoms with Crippen LogP contribution in [0.1, 0.15) is 125 Å². The quantitative estimate of drug-likeness (QED) is 0.0805. The van der Waals surface area contributed by atoms with Gasteiger partial charge in [0.2, 0.25) is 0 Å². The number of aryl methyl sites for hydroxylation is 2. The fourth-order valence-electron chi connectivity index (χ4n) is 11.0. The van der Waals surface area contributed by atoms with Crippen LogP contribution in [0.3, 0.4) is 0 Å². The minimum atomic E-state index is -0.0147. The summed E-state index contributed by atoms with van der Waals surface area (Å²) in [4.78, 5) is 16.1. The van der Waals surface area contributed by atoms with E-state index < -0.39 is 0 Å². The van der Waals surface area contributed by atoms with Crippen molar-refractivity contribution in [1.82, 2.24) is 9.97 Å². The second kappa shape index (κ2) is 18.9. The lowest BCUT2D eigenvalue weighted by molar-refractivity contribution is 0.398. The first kappa shape index (κ1) is 44.1.